The lowest BCUT2D eigenvalue weighted by Gasteiger charge is -2.50. The Balaban J connectivity index is 1.66. The third-order valence-corrected chi connectivity index (χ3v) is 5.82. The summed E-state index contributed by atoms with van der Waals surface area (Å²) in [5, 5.41) is 14.7. The summed E-state index contributed by atoms with van der Waals surface area (Å²) in [4.78, 5) is 6.78. The van der Waals surface area contributed by atoms with Crippen molar-refractivity contribution in [3.8, 4) is 17.0 Å². The minimum Gasteiger partial charge on any atom is -0.497 e. The van der Waals surface area contributed by atoms with Crippen LogP contribution in [0.3, 0.4) is 0 Å². The van der Waals surface area contributed by atoms with E-state index in [-0.39, 0.29) is 6.04 Å². The predicted molar refractivity (Wildman–Crippen MR) is 98.5 cm³/mol. The van der Waals surface area contributed by atoms with Gasteiger partial charge in [0.15, 0.2) is 0 Å². The van der Waals surface area contributed by atoms with Gasteiger partial charge in [-0.3, -0.25) is 9.88 Å². The van der Waals surface area contributed by atoms with Gasteiger partial charge in [-0.15, -0.1) is 0 Å². The van der Waals surface area contributed by atoms with E-state index < -0.39 is 6.10 Å². The highest BCUT2D eigenvalue weighted by Crippen LogP contribution is 2.41. The molecule has 1 aromatic heterocycles. The van der Waals surface area contributed by atoms with E-state index in [9.17, 15) is 5.11 Å². The number of benzene rings is 1. The van der Waals surface area contributed by atoms with Crippen LogP contribution in [0.2, 0.25) is 0 Å². The first-order chi connectivity index (χ1) is 12.2. The minimum absolute atomic E-state index is 0.115. The molecule has 0 spiro atoms. The molecule has 3 saturated heterocycles. The molecule has 0 saturated carbocycles. The lowest BCUT2D eigenvalue weighted by Crippen LogP contribution is -2.55. The van der Waals surface area contributed by atoms with Crippen molar-refractivity contribution in [1.82, 2.24) is 9.88 Å². The highest BCUT2D eigenvalue weighted by molar-refractivity contribution is 6.30. The van der Waals surface area contributed by atoms with Crippen LogP contribution in [0.5, 0.6) is 5.75 Å². The zero-order valence-corrected chi connectivity index (χ0v) is 14.9. The molecule has 4 heterocycles. The Hall–Kier alpha value is -1.80. The first kappa shape index (κ1) is 16.7. The van der Waals surface area contributed by atoms with Crippen LogP contribution in [0.15, 0.2) is 30.5 Å². The quantitative estimate of drug-likeness (QED) is 0.858. The largest absolute Gasteiger partial charge is 0.497 e. The molecule has 3 aliphatic rings. The molecule has 1 aromatic carbocycles. The summed E-state index contributed by atoms with van der Waals surface area (Å²) in [5.41, 5.74) is 1.79. The fourth-order valence-electron chi connectivity index (χ4n) is 4.37. The molecule has 0 amide bonds. The number of aromatic nitrogens is 1. The van der Waals surface area contributed by atoms with Crippen LogP contribution in [-0.2, 0) is 0 Å². The Morgan fingerprint density at radius 3 is 3.00 bits per heavy atom. The van der Waals surface area contributed by atoms with E-state index in [1.165, 1.54) is 0 Å². The molecule has 0 aliphatic carbocycles. The monoisotopic (exact) mass is 356 g/mol. The standard InChI is InChI=1S/C20H21ClN2O2/c1-25-15-2-3-18-17(11-15)16(5-8-22-18)20(24)19-10-13-6-9-23(19)12-14(13)4-7-21/h2-3,5,8,11,13-14,19-20,24H,6,9-10,12H2,1H3/t13-,14-,19+,20-/m0/s1. The number of halogens is 1. The highest BCUT2D eigenvalue weighted by atomic mass is 35.5. The lowest BCUT2D eigenvalue weighted by atomic mass is 9.74. The summed E-state index contributed by atoms with van der Waals surface area (Å²) >= 11 is 5.61. The molecule has 3 fully saturated rings. The molecule has 1 N–H and O–H groups in total. The Kier molecular flexibility index (Phi) is 4.56. The van der Waals surface area contributed by atoms with Crippen LogP contribution in [0, 0.1) is 23.1 Å². The third-order valence-electron chi connectivity index (χ3n) is 5.71. The van der Waals surface area contributed by atoms with Gasteiger partial charge in [0.1, 0.15) is 5.75 Å². The molecule has 2 bridgehead atoms. The molecule has 3 aliphatic heterocycles. The van der Waals surface area contributed by atoms with Crippen LogP contribution in [0.1, 0.15) is 24.5 Å². The second-order valence-electron chi connectivity index (χ2n) is 6.92. The lowest BCUT2D eigenvalue weighted by molar-refractivity contribution is -0.0425. The number of rotatable bonds is 3. The first-order valence-electron chi connectivity index (χ1n) is 8.67. The van der Waals surface area contributed by atoms with Gasteiger partial charge in [0.2, 0.25) is 0 Å². The average Bonchev–Trinajstić information content (AvgIpc) is 2.67. The van der Waals surface area contributed by atoms with Gasteiger partial charge in [-0.1, -0.05) is 5.92 Å². The average molecular weight is 357 g/mol. The summed E-state index contributed by atoms with van der Waals surface area (Å²) in [7, 11) is 1.65. The number of ether oxygens (including phenoxy) is 1. The van der Waals surface area contributed by atoms with E-state index in [4.69, 9.17) is 16.3 Å². The molecule has 1 unspecified atom stereocenters. The number of piperidine rings is 3. The molecule has 2 aromatic rings. The van der Waals surface area contributed by atoms with Gasteiger partial charge < -0.3 is 9.84 Å². The normalized spacial score (nSPS) is 29.1. The molecule has 0 radical (unpaired) electrons. The van der Waals surface area contributed by atoms with E-state index in [1.807, 2.05) is 24.3 Å². The van der Waals surface area contributed by atoms with Crippen LogP contribution < -0.4 is 4.74 Å². The second-order valence-corrected chi connectivity index (χ2v) is 7.11. The van der Waals surface area contributed by atoms with Crippen molar-refractivity contribution in [2.75, 3.05) is 20.2 Å². The van der Waals surface area contributed by atoms with Crippen LogP contribution in [0.25, 0.3) is 10.9 Å². The predicted octanol–water partition coefficient (Wildman–Crippen LogP) is 3.19. The Labute approximate surface area is 152 Å². The first-order valence-corrected chi connectivity index (χ1v) is 9.05. The highest BCUT2D eigenvalue weighted by Gasteiger charge is 2.42. The van der Waals surface area contributed by atoms with Gasteiger partial charge in [-0.25, -0.2) is 0 Å². The van der Waals surface area contributed by atoms with Crippen molar-refractivity contribution in [3.05, 3.63) is 36.0 Å². The zero-order chi connectivity index (χ0) is 17.4. The van der Waals surface area contributed by atoms with E-state index in [0.29, 0.717) is 11.8 Å². The van der Waals surface area contributed by atoms with Crippen molar-refractivity contribution in [3.63, 3.8) is 0 Å². The Morgan fingerprint density at radius 2 is 2.28 bits per heavy atom. The Bertz CT molecular complexity index is 844. The minimum atomic E-state index is -0.551. The van der Waals surface area contributed by atoms with E-state index in [0.717, 1.165) is 48.1 Å². The van der Waals surface area contributed by atoms with Crippen molar-refractivity contribution in [2.45, 2.75) is 25.0 Å². The number of pyridine rings is 1. The van der Waals surface area contributed by atoms with Crippen molar-refractivity contribution >= 4 is 22.5 Å². The van der Waals surface area contributed by atoms with Gasteiger partial charge >= 0.3 is 0 Å². The van der Waals surface area contributed by atoms with Gasteiger partial charge in [0.25, 0.3) is 0 Å². The van der Waals surface area contributed by atoms with Gasteiger partial charge in [-0.05, 0) is 66.7 Å². The van der Waals surface area contributed by atoms with Crippen molar-refractivity contribution in [2.24, 2.45) is 11.8 Å². The summed E-state index contributed by atoms with van der Waals surface area (Å²) in [6.07, 6.45) is 3.30. The van der Waals surface area contributed by atoms with E-state index in [2.05, 4.69) is 21.2 Å². The number of hydrogen-bond acceptors (Lipinski definition) is 4. The topological polar surface area (TPSA) is 45.6 Å². The number of hydrogen-bond donors (Lipinski definition) is 1. The van der Waals surface area contributed by atoms with E-state index in [1.54, 1.807) is 13.3 Å². The van der Waals surface area contributed by atoms with Crippen LogP contribution in [-0.4, -0.2) is 41.2 Å². The zero-order valence-electron chi connectivity index (χ0n) is 14.2. The molecular formula is C20H21ClN2O2. The molecule has 4 nitrogen and oxygen atoms in total. The smallest absolute Gasteiger partial charge is 0.119 e. The van der Waals surface area contributed by atoms with Crippen LogP contribution in [0.4, 0.5) is 0 Å². The number of aliphatic hydroxyl groups is 1. The SMILES string of the molecule is COc1ccc2nccc([C@H](O)[C@H]3C[C@@H]4CCN3C[C@@H]4C#CCl)c2c1. The number of nitrogens with zero attached hydrogens (tertiary/aromatic N) is 2. The molecule has 5 heteroatoms. The number of fused-ring (bicyclic) bond motifs is 4. The molecule has 25 heavy (non-hydrogen) atoms. The second kappa shape index (κ2) is 6.84. The maximum Gasteiger partial charge on any atom is 0.119 e. The molecule has 130 valence electrons. The van der Waals surface area contributed by atoms with Gasteiger partial charge in [-0.2, -0.15) is 0 Å². The van der Waals surface area contributed by atoms with E-state index >= 15 is 0 Å². The fraction of sp³-hybridized carbons (Fsp3) is 0.450. The Morgan fingerprint density at radius 1 is 1.40 bits per heavy atom. The maximum atomic E-state index is 11.2. The van der Waals surface area contributed by atoms with Gasteiger partial charge in [0, 0.05) is 35.5 Å². The summed E-state index contributed by atoms with van der Waals surface area (Å²) in [6.45, 7) is 1.90. The van der Waals surface area contributed by atoms with Crippen LogP contribution >= 0.6 is 11.6 Å². The maximum absolute atomic E-state index is 11.2. The molecule has 5 rings (SSSR count). The summed E-state index contributed by atoms with van der Waals surface area (Å²) in [6, 6.07) is 7.82. The summed E-state index contributed by atoms with van der Waals surface area (Å²) < 4.78 is 5.35. The third kappa shape index (κ3) is 2.97. The van der Waals surface area contributed by atoms with Crippen molar-refractivity contribution in [1.29, 1.82) is 0 Å². The summed E-state index contributed by atoms with van der Waals surface area (Å²) in [5.74, 6) is 4.74. The fourth-order valence-corrected chi connectivity index (χ4v) is 4.51. The van der Waals surface area contributed by atoms with Crippen molar-refractivity contribution < 1.29 is 9.84 Å². The molecular weight excluding hydrogens is 336 g/mol. The van der Waals surface area contributed by atoms with Gasteiger partial charge in [0.05, 0.1) is 18.7 Å². The number of methoxy groups -OCH3 is 1. The molecule has 5 atom stereocenters. The number of aliphatic hydroxyl groups excluding tert-OH is 1.